The average molecular weight is 619 g/mol. The molecule has 5 unspecified atom stereocenters. The van der Waals surface area contributed by atoms with Gasteiger partial charge < -0.3 is 49.6 Å². The van der Waals surface area contributed by atoms with Gasteiger partial charge in [-0.05, 0) is 24.3 Å². The Hall–Kier alpha value is -4.02. The van der Waals surface area contributed by atoms with Crippen LogP contribution >= 0.6 is 0 Å². The zero-order valence-corrected chi connectivity index (χ0v) is 23.9. The number of hydrogen-bond donors (Lipinski definition) is 6. The van der Waals surface area contributed by atoms with Gasteiger partial charge in [0.2, 0.25) is 0 Å². The number of carboxylic acid groups (broad SMARTS) is 2. The molecule has 14 nitrogen and oxygen atoms in total. The van der Waals surface area contributed by atoms with Gasteiger partial charge in [-0.15, -0.1) is 0 Å². The van der Waals surface area contributed by atoms with E-state index < -0.39 is 97.4 Å². The fraction of sp³-hybridized carbons (Fsp3) is 0.533. The maximum atomic E-state index is 11.2. The van der Waals surface area contributed by atoms with Crippen molar-refractivity contribution < 1.29 is 68.8 Å². The summed E-state index contributed by atoms with van der Waals surface area (Å²) in [4.78, 5) is 45.0. The molecule has 14 heteroatoms. The van der Waals surface area contributed by atoms with Gasteiger partial charge in [0.15, 0.2) is 0 Å². The second-order valence-corrected chi connectivity index (χ2v) is 10.4. The van der Waals surface area contributed by atoms with Crippen molar-refractivity contribution in [3.8, 4) is 23.7 Å². The van der Waals surface area contributed by atoms with Crippen LogP contribution < -0.4 is 0 Å². The molecule has 2 aliphatic rings. The summed E-state index contributed by atoms with van der Waals surface area (Å²) < 4.78 is 21.3. The zero-order valence-electron chi connectivity index (χ0n) is 23.9. The topological polar surface area (TPSA) is 227 Å². The lowest BCUT2D eigenvalue weighted by Crippen LogP contribution is -2.55. The summed E-state index contributed by atoms with van der Waals surface area (Å²) in [6.45, 7) is 1.67. The number of carboxylic acids is 2. The third-order valence-corrected chi connectivity index (χ3v) is 7.12. The Morgan fingerprint density at radius 2 is 1.00 bits per heavy atom. The molecular weight excluding hydrogens is 584 g/mol. The smallest absolute Gasteiger partial charge is 0.303 e. The van der Waals surface area contributed by atoms with Crippen LogP contribution in [0, 0.1) is 35.5 Å². The highest BCUT2D eigenvalue weighted by molar-refractivity contribution is 5.68. The molecule has 0 radical (unpaired) electrons. The van der Waals surface area contributed by atoms with Crippen molar-refractivity contribution in [1.29, 1.82) is 0 Å². The molecule has 0 aromatic heterocycles. The van der Waals surface area contributed by atoms with Gasteiger partial charge in [0.05, 0.1) is 37.3 Å². The minimum absolute atomic E-state index is 0.330. The number of aliphatic carboxylic acids is 2. The SMILES string of the molecule is CC(=O)OCC1OC(C#Cc2ccc(C#C[C@H]3O[C@@H](COC(C)=O)[C@@H](CC(=O)O)[C@@H](O)[C@@H]3O)cc2)C(O)C(O)C1CC(=O)O. The summed E-state index contributed by atoms with van der Waals surface area (Å²) >= 11 is 0. The van der Waals surface area contributed by atoms with E-state index in [9.17, 15) is 49.8 Å². The number of benzene rings is 1. The molecule has 0 saturated carbocycles. The Morgan fingerprint density at radius 1 is 0.659 bits per heavy atom. The van der Waals surface area contributed by atoms with Gasteiger partial charge >= 0.3 is 23.9 Å². The Morgan fingerprint density at radius 3 is 1.30 bits per heavy atom. The van der Waals surface area contributed by atoms with Crippen LogP contribution in [0.2, 0.25) is 0 Å². The Bertz CT molecular complexity index is 1220. The zero-order chi connectivity index (χ0) is 32.6. The summed E-state index contributed by atoms with van der Waals surface area (Å²) in [5.41, 5.74) is 0.930. The van der Waals surface area contributed by atoms with Crippen LogP contribution in [0.5, 0.6) is 0 Å². The van der Waals surface area contributed by atoms with Crippen molar-refractivity contribution in [2.45, 2.75) is 75.5 Å². The Labute approximate surface area is 252 Å². The van der Waals surface area contributed by atoms with Crippen LogP contribution in [0.15, 0.2) is 24.3 Å². The monoisotopic (exact) mass is 618 g/mol. The summed E-state index contributed by atoms with van der Waals surface area (Å²) in [5.74, 6) is 5.22. The molecular formula is C30H34O14. The van der Waals surface area contributed by atoms with Crippen molar-refractivity contribution in [2.24, 2.45) is 11.8 Å². The molecule has 1 aromatic rings. The van der Waals surface area contributed by atoms with Crippen molar-refractivity contribution in [3.05, 3.63) is 35.4 Å². The van der Waals surface area contributed by atoms with Crippen molar-refractivity contribution in [1.82, 2.24) is 0 Å². The molecule has 6 N–H and O–H groups in total. The second kappa shape index (κ2) is 15.6. The molecule has 1 aromatic carbocycles. The molecule has 2 fully saturated rings. The number of esters is 2. The van der Waals surface area contributed by atoms with Crippen LogP contribution in [0.25, 0.3) is 0 Å². The molecule has 2 saturated heterocycles. The second-order valence-electron chi connectivity index (χ2n) is 10.4. The number of aliphatic hydroxyl groups is 4. The number of carbonyl (C=O) groups is 4. The van der Waals surface area contributed by atoms with E-state index in [-0.39, 0.29) is 13.2 Å². The number of rotatable bonds is 8. The molecule has 10 atom stereocenters. The largest absolute Gasteiger partial charge is 0.481 e. The standard InChI is InChI=1S/C30H34O14/c1-15(31)41-13-23-19(11-25(33)34)27(37)29(39)21(43-23)9-7-17-3-5-18(6-4-17)8-10-22-30(40)28(38)20(12-26(35)36)24(44-22)14-42-16(2)32/h3-6,19-24,27-30,37-40H,11-14H2,1-2H3,(H,33,34)(H,35,36)/t19-,20?,21-,22?,23+,24?,27-,28?,29-,30?/m1/s1. The lowest BCUT2D eigenvalue weighted by Gasteiger charge is -2.40. The van der Waals surface area contributed by atoms with Gasteiger partial charge in [0.25, 0.3) is 0 Å². The highest BCUT2D eigenvalue weighted by Crippen LogP contribution is 2.30. The van der Waals surface area contributed by atoms with Crippen LogP contribution in [-0.2, 0) is 38.1 Å². The molecule has 44 heavy (non-hydrogen) atoms. The summed E-state index contributed by atoms with van der Waals surface area (Å²) in [6.07, 6.45) is -11.6. The maximum absolute atomic E-state index is 11.2. The Balaban J connectivity index is 1.71. The van der Waals surface area contributed by atoms with E-state index >= 15 is 0 Å². The highest BCUT2D eigenvalue weighted by atomic mass is 16.6. The first kappa shape index (κ1) is 34.5. The van der Waals surface area contributed by atoms with E-state index in [0.29, 0.717) is 11.1 Å². The van der Waals surface area contributed by atoms with Crippen LogP contribution in [0.3, 0.4) is 0 Å². The fourth-order valence-corrected chi connectivity index (χ4v) is 4.86. The molecule has 238 valence electrons. The molecule has 2 heterocycles. The van der Waals surface area contributed by atoms with E-state index in [1.54, 1.807) is 24.3 Å². The Kier molecular flexibility index (Phi) is 12.2. The third kappa shape index (κ3) is 9.49. The molecule has 2 aliphatic heterocycles. The molecule has 0 spiro atoms. The van der Waals surface area contributed by atoms with Gasteiger partial charge in [0, 0.05) is 36.8 Å². The number of hydrogen-bond acceptors (Lipinski definition) is 12. The van der Waals surface area contributed by atoms with Gasteiger partial charge in [-0.25, -0.2) is 0 Å². The van der Waals surface area contributed by atoms with Gasteiger partial charge in [-0.1, -0.05) is 23.7 Å². The van der Waals surface area contributed by atoms with E-state index in [4.69, 9.17) is 18.9 Å². The normalized spacial score (nSPS) is 31.3. The lowest BCUT2D eigenvalue weighted by molar-refractivity contribution is -0.200. The quantitative estimate of drug-likeness (QED) is 0.147. The van der Waals surface area contributed by atoms with Gasteiger partial charge in [0.1, 0.15) is 37.6 Å². The number of aliphatic hydroxyl groups excluding tert-OH is 4. The predicted molar refractivity (Wildman–Crippen MR) is 146 cm³/mol. The molecule has 0 amide bonds. The van der Waals surface area contributed by atoms with E-state index in [1.807, 2.05) is 0 Å². The van der Waals surface area contributed by atoms with Crippen molar-refractivity contribution in [2.75, 3.05) is 13.2 Å². The molecule has 0 aliphatic carbocycles. The molecule has 0 bridgehead atoms. The third-order valence-electron chi connectivity index (χ3n) is 7.12. The van der Waals surface area contributed by atoms with Crippen molar-refractivity contribution in [3.63, 3.8) is 0 Å². The summed E-state index contributed by atoms with van der Waals surface area (Å²) in [5, 5.41) is 60.5. The molecule has 3 rings (SSSR count). The maximum Gasteiger partial charge on any atom is 0.303 e. The summed E-state index contributed by atoms with van der Waals surface area (Å²) in [7, 11) is 0. The van der Waals surface area contributed by atoms with Crippen LogP contribution in [0.1, 0.15) is 37.8 Å². The van der Waals surface area contributed by atoms with Gasteiger partial charge in [-0.2, -0.15) is 0 Å². The predicted octanol–water partition coefficient (Wildman–Crippen LogP) is -1.32. The minimum atomic E-state index is -1.53. The van der Waals surface area contributed by atoms with Crippen LogP contribution in [-0.4, -0.2) is 117 Å². The fourth-order valence-electron chi connectivity index (χ4n) is 4.86. The lowest BCUT2D eigenvalue weighted by atomic mass is 9.84. The minimum Gasteiger partial charge on any atom is -0.481 e. The first-order valence-corrected chi connectivity index (χ1v) is 13.6. The van der Waals surface area contributed by atoms with E-state index in [0.717, 1.165) is 0 Å². The van der Waals surface area contributed by atoms with Crippen LogP contribution in [0.4, 0.5) is 0 Å². The summed E-state index contributed by atoms with van der Waals surface area (Å²) in [6, 6.07) is 6.36. The van der Waals surface area contributed by atoms with Crippen molar-refractivity contribution >= 4 is 23.9 Å². The highest BCUT2D eigenvalue weighted by Gasteiger charge is 2.46. The van der Waals surface area contributed by atoms with E-state index in [2.05, 4.69) is 23.7 Å². The first-order chi connectivity index (χ1) is 20.8. The number of ether oxygens (including phenoxy) is 4. The van der Waals surface area contributed by atoms with E-state index in [1.165, 1.54) is 13.8 Å². The average Bonchev–Trinajstić information content (AvgIpc) is 2.96. The first-order valence-electron chi connectivity index (χ1n) is 13.6. The van der Waals surface area contributed by atoms with Gasteiger partial charge in [-0.3, -0.25) is 19.2 Å². The number of carbonyl (C=O) groups excluding carboxylic acids is 2.